The standard InChI is InChI=1S/C18H24FN3O2/c1-5-18(6-2,7-3)21-17(24)13-22(4)12-16(23)20-15-10-8-9-14(19)11-15/h1,8-11H,6-7,12-13H2,2-4H3,(H,20,23)(H,21,24)/p+1. The number of quaternary nitrogens is 1. The average Bonchev–Trinajstić information content (AvgIpc) is 2.52. The summed E-state index contributed by atoms with van der Waals surface area (Å²) < 4.78 is 13.1. The predicted molar refractivity (Wildman–Crippen MR) is 91.9 cm³/mol. The van der Waals surface area contributed by atoms with Crippen LogP contribution in [0.5, 0.6) is 0 Å². The molecule has 1 atom stereocenters. The van der Waals surface area contributed by atoms with Crippen molar-refractivity contribution in [2.24, 2.45) is 0 Å². The second-order valence-corrected chi connectivity index (χ2v) is 5.85. The van der Waals surface area contributed by atoms with Crippen LogP contribution in [0.1, 0.15) is 26.7 Å². The Labute approximate surface area is 142 Å². The monoisotopic (exact) mass is 334 g/mol. The summed E-state index contributed by atoms with van der Waals surface area (Å²) in [6.07, 6.45) is 6.81. The fraction of sp³-hybridized carbons (Fsp3) is 0.444. The molecule has 2 amide bonds. The molecule has 0 saturated heterocycles. The summed E-state index contributed by atoms with van der Waals surface area (Å²) in [5, 5.41) is 5.47. The van der Waals surface area contributed by atoms with Gasteiger partial charge in [-0.3, -0.25) is 9.59 Å². The Bertz CT molecular complexity index is 621. The van der Waals surface area contributed by atoms with E-state index in [1.807, 2.05) is 13.8 Å². The second-order valence-electron chi connectivity index (χ2n) is 5.85. The number of halogens is 1. The van der Waals surface area contributed by atoms with Gasteiger partial charge in [-0.05, 0) is 31.0 Å². The third kappa shape index (κ3) is 6.01. The van der Waals surface area contributed by atoms with Crippen LogP contribution in [0.3, 0.4) is 0 Å². The zero-order valence-corrected chi connectivity index (χ0v) is 14.4. The summed E-state index contributed by atoms with van der Waals surface area (Å²) in [4.78, 5) is 24.8. The highest BCUT2D eigenvalue weighted by molar-refractivity contribution is 5.91. The van der Waals surface area contributed by atoms with Gasteiger partial charge in [0.2, 0.25) is 0 Å². The Balaban J connectivity index is 2.50. The molecule has 0 aliphatic heterocycles. The Kier molecular flexibility index (Phi) is 7.40. The van der Waals surface area contributed by atoms with E-state index in [4.69, 9.17) is 6.42 Å². The van der Waals surface area contributed by atoms with Crippen molar-refractivity contribution in [3.63, 3.8) is 0 Å². The van der Waals surface area contributed by atoms with Crippen LogP contribution < -0.4 is 15.5 Å². The summed E-state index contributed by atoms with van der Waals surface area (Å²) in [6.45, 7) is 4.06. The lowest BCUT2D eigenvalue weighted by atomic mass is 9.94. The van der Waals surface area contributed by atoms with Gasteiger partial charge >= 0.3 is 0 Å². The molecule has 130 valence electrons. The van der Waals surface area contributed by atoms with Crippen molar-refractivity contribution < 1.29 is 18.9 Å². The van der Waals surface area contributed by atoms with E-state index in [0.29, 0.717) is 23.4 Å². The molecule has 1 aromatic carbocycles. The lowest BCUT2D eigenvalue weighted by Gasteiger charge is -2.27. The number of likely N-dealkylation sites (N-methyl/N-ethyl adjacent to an activating group) is 1. The first-order chi connectivity index (χ1) is 11.3. The molecule has 0 bridgehead atoms. The van der Waals surface area contributed by atoms with Crippen molar-refractivity contribution in [2.75, 3.05) is 25.5 Å². The minimum atomic E-state index is -0.638. The Morgan fingerprint density at radius 2 is 1.88 bits per heavy atom. The first-order valence-electron chi connectivity index (χ1n) is 7.99. The largest absolute Gasteiger partial charge is 0.335 e. The molecule has 0 radical (unpaired) electrons. The number of hydrogen-bond acceptors (Lipinski definition) is 2. The number of carbonyl (C=O) groups is 2. The van der Waals surface area contributed by atoms with E-state index in [1.54, 1.807) is 13.1 Å². The highest BCUT2D eigenvalue weighted by atomic mass is 19.1. The van der Waals surface area contributed by atoms with Crippen LogP contribution in [0.2, 0.25) is 0 Å². The van der Waals surface area contributed by atoms with E-state index < -0.39 is 11.4 Å². The van der Waals surface area contributed by atoms with Gasteiger partial charge in [0.15, 0.2) is 13.1 Å². The molecule has 0 aliphatic rings. The lowest BCUT2D eigenvalue weighted by Crippen LogP contribution is -3.11. The fourth-order valence-corrected chi connectivity index (χ4v) is 2.36. The molecule has 0 saturated carbocycles. The molecule has 24 heavy (non-hydrogen) atoms. The van der Waals surface area contributed by atoms with Crippen molar-refractivity contribution in [1.82, 2.24) is 5.32 Å². The van der Waals surface area contributed by atoms with E-state index >= 15 is 0 Å². The molecular formula is C18H25FN3O2+. The van der Waals surface area contributed by atoms with Crippen molar-refractivity contribution >= 4 is 17.5 Å². The summed E-state index contributed by atoms with van der Waals surface area (Å²) in [7, 11) is 1.74. The zero-order valence-electron chi connectivity index (χ0n) is 14.4. The van der Waals surface area contributed by atoms with Gasteiger partial charge in [-0.2, -0.15) is 0 Å². The van der Waals surface area contributed by atoms with Gasteiger partial charge in [0.05, 0.1) is 7.05 Å². The van der Waals surface area contributed by atoms with Gasteiger partial charge in [-0.1, -0.05) is 25.8 Å². The number of hydrogen-bond donors (Lipinski definition) is 3. The van der Waals surface area contributed by atoms with Gasteiger partial charge in [0.1, 0.15) is 11.4 Å². The molecule has 5 nitrogen and oxygen atoms in total. The quantitative estimate of drug-likeness (QED) is 0.609. The summed E-state index contributed by atoms with van der Waals surface area (Å²) in [5.74, 6) is 1.73. The highest BCUT2D eigenvalue weighted by Gasteiger charge is 2.26. The molecule has 1 aromatic rings. The van der Waals surface area contributed by atoms with Crippen LogP contribution in [-0.2, 0) is 9.59 Å². The minimum absolute atomic E-state index is 0.0885. The zero-order chi connectivity index (χ0) is 18.2. The normalized spacial score (nSPS) is 12.1. The first-order valence-corrected chi connectivity index (χ1v) is 7.99. The smallest absolute Gasteiger partial charge is 0.279 e. The van der Waals surface area contributed by atoms with E-state index in [9.17, 15) is 14.0 Å². The van der Waals surface area contributed by atoms with Gasteiger partial charge in [0, 0.05) is 5.69 Å². The molecule has 0 heterocycles. The first kappa shape index (κ1) is 19.7. The van der Waals surface area contributed by atoms with Crippen molar-refractivity contribution in [3.8, 4) is 12.3 Å². The number of amides is 2. The number of benzene rings is 1. The van der Waals surface area contributed by atoms with Crippen molar-refractivity contribution in [3.05, 3.63) is 30.1 Å². The van der Waals surface area contributed by atoms with E-state index in [2.05, 4.69) is 16.6 Å². The van der Waals surface area contributed by atoms with Crippen LogP contribution in [0.4, 0.5) is 10.1 Å². The summed E-state index contributed by atoms with van der Waals surface area (Å²) in [6, 6.07) is 5.66. The lowest BCUT2D eigenvalue weighted by molar-refractivity contribution is -0.862. The van der Waals surface area contributed by atoms with Crippen LogP contribution in [0.25, 0.3) is 0 Å². The summed E-state index contributed by atoms with van der Waals surface area (Å²) >= 11 is 0. The Morgan fingerprint density at radius 1 is 1.25 bits per heavy atom. The maximum atomic E-state index is 13.1. The van der Waals surface area contributed by atoms with Gasteiger partial charge in [-0.25, -0.2) is 4.39 Å². The third-order valence-corrected chi connectivity index (χ3v) is 3.90. The maximum absolute atomic E-state index is 13.1. The maximum Gasteiger partial charge on any atom is 0.279 e. The highest BCUT2D eigenvalue weighted by Crippen LogP contribution is 2.12. The van der Waals surface area contributed by atoms with Crippen LogP contribution in [0, 0.1) is 18.2 Å². The third-order valence-electron chi connectivity index (χ3n) is 3.90. The van der Waals surface area contributed by atoms with E-state index in [1.165, 1.54) is 18.2 Å². The van der Waals surface area contributed by atoms with Gasteiger partial charge in [0.25, 0.3) is 11.8 Å². The topological polar surface area (TPSA) is 62.6 Å². The van der Waals surface area contributed by atoms with Crippen LogP contribution >= 0.6 is 0 Å². The summed E-state index contributed by atoms with van der Waals surface area (Å²) in [5.41, 5.74) is -0.248. The minimum Gasteiger partial charge on any atom is -0.335 e. The molecule has 0 aliphatic carbocycles. The van der Waals surface area contributed by atoms with Gasteiger partial charge < -0.3 is 15.5 Å². The molecule has 0 aromatic heterocycles. The molecule has 1 unspecified atom stereocenters. The Morgan fingerprint density at radius 3 is 2.42 bits per heavy atom. The molecule has 3 N–H and O–H groups in total. The predicted octanol–water partition coefficient (Wildman–Crippen LogP) is 0.587. The SMILES string of the molecule is C#CC(CC)(CC)NC(=O)C[NH+](C)CC(=O)Nc1cccc(F)c1. The number of anilines is 1. The number of terminal acetylenes is 1. The molecular weight excluding hydrogens is 309 g/mol. The number of nitrogens with one attached hydrogen (secondary N) is 3. The molecule has 0 spiro atoms. The second kappa shape index (κ2) is 9.04. The van der Waals surface area contributed by atoms with Crippen LogP contribution in [-0.4, -0.2) is 37.5 Å². The average molecular weight is 334 g/mol. The number of carbonyl (C=O) groups excluding carboxylic acids is 2. The molecule has 1 rings (SSSR count). The van der Waals surface area contributed by atoms with E-state index in [-0.39, 0.29) is 24.9 Å². The van der Waals surface area contributed by atoms with Crippen LogP contribution in [0.15, 0.2) is 24.3 Å². The van der Waals surface area contributed by atoms with Gasteiger partial charge in [-0.15, -0.1) is 6.42 Å². The Hall–Kier alpha value is -2.39. The van der Waals surface area contributed by atoms with Crippen molar-refractivity contribution in [2.45, 2.75) is 32.2 Å². The number of rotatable bonds is 8. The molecule has 0 fully saturated rings. The van der Waals surface area contributed by atoms with E-state index in [0.717, 1.165) is 0 Å². The van der Waals surface area contributed by atoms with Crippen molar-refractivity contribution in [1.29, 1.82) is 0 Å². The fourth-order valence-electron chi connectivity index (χ4n) is 2.36. The molecule has 6 heteroatoms.